The second kappa shape index (κ2) is 5.60. The van der Waals surface area contributed by atoms with Gasteiger partial charge in [0.15, 0.2) is 6.10 Å². The molecule has 24 heavy (non-hydrogen) atoms. The Balaban J connectivity index is 1.79. The molecule has 5 heteroatoms. The number of para-hydroxylation sites is 1. The van der Waals surface area contributed by atoms with E-state index in [2.05, 4.69) is 17.1 Å². The first kappa shape index (κ1) is 15.7. The van der Waals surface area contributed by atoms with Crippen molar-refractivity contribution >= 4 is 16.8 Å². The van der Waals surface area contributed by atoms with E-state index in [1.165, 1.54) is 16.6 Å². The van der Waals surface area contributed by atoms with E-state index in [0.717, 1.165) is 31.2 Å². The summed E-state index contributed by atoms with van der Waals surface area (Å²) in [4.78, 5) is 17.7. The molecule has 3 N–H and O–H groups in total. The first-order chi connectivity index (χ1) is 11.6. The van der Waals surface area contributed by atoms with Crippen molar-refractivity contribution in [1.29, 1.82) is 0 Å². The van der Waals surface area contributed by atoms with Crippen LogP contribution in [0.5, 0.6) is 0 Å². The zero-order chi connectivity index (χ0) is 16.9. The summed E-state index contributed by atoms with van der Waals surface area (Å²) >= 11 is 0. The van der Waals surface area contributed by atoms with Crippen LogP contribution in [0.2, 0.25) is 0 Å². The summed E-state index contributed by atoms with van der Waals surface area (Å²) in [7, 11) is 0. The van der Waals surface area contributed by atoms with Crippen molar-refractivity contribution in [3.05, 3.63) is 35.5 Å². The van der Waals surface area contributed by atoms with Crippen molar-refractivity contribution in [2.45, 2.75) is 44.8 Å². The summed E-state index contributed by atoms with van der Waals surface area (Å²) in [5, 5.41) is 22.1. The number of nitrogens with one attached hydrogen (secondary N) is 1. The third kappa shape index (κ3) is 2.19. The van der Waals surface area contributed by atoms with Crippen molar-refractivity contribution < 1.29 is 15.0 Å². The summed E-state index contributed by atoms with van der Waals surface area (Å²) < 4.78 is 0. The fraction of sp³-hybridized carbons (Fsp3) is 0.526. The summed E-state index contributed by atoms with van der Waals surface area (Å²) in [5.74, 6) is -0.338. The first-order valence-electron chi connectivity index (χ1n) is 8.79. The van der Waals surface area contributed by atoms with Gasteiger partial charge in [-0.3, -0.25) is 4.79 Å². The molecule has 1 fully saturated rings. The van der Waals surface area contributed by atoms with Gasteiger partial charge in [0.2, 0.25) is 0 Å². The molecule has 3 heterocycles. The van der Waals surface area contributed by atoms with Gasteiger partial charge in [0.1, 0.15) is 0 Å². The topological polar surface area (TPSA) is 76.6 Å². The molecule has 4 rings (SSSR count). The Labute approximate surface area is 141 Å². The minimum absolute atomic E-state index is 0.338. The highest BCUT2D eigenvalue weighted by Crippen LogP contribution is 2.40. The van der Waals surface area contributed by atoms with E-state index in [1.807, 2.05) is 19.1 Å². The Bertz CT molecular complexity index is 784. The lowest BCUT2D eigenvalue weighted by Crippen LogP contribution is -2.62. The van der Waals surface area contributed by atoms with E-state index in [1.54, 1.807) is 4.90 Å². The third-order valence-electron chi connectivity index (χ3n) is 6.11. The largest absolute Gasteiger partial charge is 0.389 e. The normalized spacial score (nSPS) is 30.6. The second-order valence-corrected chi connectivity index (χ2v) is 7.24. The molecule has 3 atom stereocenters. The van der Waals surface area contributed by atoms with Crippen LogP contribution in [0.25, 0.3) is 10.9 Å². The van der Waals surface area contributed by atoms with Crippen LogP contribution in [0, 0.1) is 5.41 Å². The molecule has 0 saturated carbocycles. The molecule has 1 aromatic carbocycles. The van der Waals surface area contributed by atoms with E-state index in [0.29, 0.717) is 13.1 Å². The minimum Gasteiger partial charge on any atom is -0.389 e. The number of fused-ring (bicyclic) bond motifs is 5. The Morgan fingerprint density at radius 3 is 2.88 bits per heavy atom. The molecule has 1 saturated heterocycles. The standard InChI is InChI=1S/C19H24N2O3/c1-2-19-9-7-15-13(12-5-3-4-6-14(12)20-15)8-10-21(11-19)18(24)16(22)17(19)23/h3-6,16-17,20,22-23H,2,7-11H2,1H3/t16-,17+,19-/m0/s1. The van der Waals surface area contributed by atoms with Crippen LogP contribution >= 0.6 is 0 Å². The number of aromatic amines is 1. The lowest BCUT2D eigenvalue weighted by atomic mass is 9.70. The molecule has 2 bridgehead atoms. The van der Waals surface area contributed by atoms with Crippen LogP contribution in [0.4, 0.5) is 0 Å². The number of carbonyl (C=O) groups excluding carboxylic acids is 1. The van der Waals surface area contributed by atoms with Crippen molar-refractivity contribution in [3.63, 3.8) is 0 Å². The highest BCUT2D eigenvalue weighted by Gasteiger charge is 2.50. The monoisotopic (exact) mass is 328 g/mol. The number of H-pyrrole nitrogens is 1. The summed E-state index contributed by atoms with van der Waals surface area (Å²) in [6, 6.07) is 8.25. The van der Waals surface area contributed by atoms with Crippen molar-refractivity contribution in [2.24, 2.45) is 5.41 Å². The molecule has 128 valence electrons. The Morgan fingerprint density at radius 2 is 2.08 bits per heavy atom. The van der Waals surface area contributed by atoms with E-state index in [9.17, 15) is 15.0 Å². The summed E-state index contributed by atoms with van der Waals surface area (Å²) in [6.45, 7) is 3.15. The number of nitrogens with zero attached hydrogens (tertiary/aromatic N) is 1. The fourth-order valence-corrected chi connectivity index (χ4v) is 4.50. The number of aryl methyl sites for hydroxylation is 1. The van der Waals surface area contributed by atoms with Crippen molar-refractivity contribution in [3.8, 4) is 0 Å². The van der Waals surface area contributed by atoms with Gasteiger partial charge in [-0.1, -0.05) is 25.1 Å². The minimum atomic E-state index is -1.30. The number of aliphatic hydroxyl groups is 2. The Hall–Kier alpha value is -1.85. The maximum Gasteiger partial charge on any atom is 0.254 e. The number of piperidine rings is 1. The lowest BCUT2D eigenvalue weighted by molar-refractivity contribution is -0.171. The maximum absolute atomic E-state index is 12.4. The molecule has 2 aliphatic rings. The van der Waals surface area contributed by atoms with Gasteiger partial charge in [0.05, 0.1) is 6.10 Å². The molecule has 5 nitrogen and oxygen atoms in total. The van der Waals surface area contributed by atoms with Gasteiger partial charge in [-0.05, 0) is 37.3 Å². The first-order valence-corrected chi connectivity index (χ1v) is 8.79. The summed E-state index contributed by atoms with van der Waals surface area (Å²) in [6.07, 6.45) is 0.803. The Morgan fingerprint density at radius 1 is 1.29 bits per heavy atom. The predicted octanol–water partition coefficient (Wildman–Crippen LogP) is 1.62. The molecule has 1 amide bonds. The molecule has 0 spiro atoms. The number of aliphatic hydroxyl groups excluding tert-OH is 2. The predicted molar refractivity (Wildman–Crippen MR) is 91.6 cm³/mol. The SMILES string of the molecule is CC[C@]12CCc3[nH]c4ccccc4c3CCN(C1)C(=O)[C@@H](O)[C@H]2O. The number of carbonyl (C=O) groups is 1. The maximum atomic E-state index is 12.4. The highest BCUT2D eigenvalue weighted by molar-refractivity contribution is 5.85. The molecule has 2 aromatic rings. The van der Waals surface area contributed by atoms with Crippen LogP contribution < -0.4 is 0 Å². The third-order valence-corrected chi connectivity index (χ3v) is 6.11. The van der Waals surface area contributed by atoms with Gasteiger partial charge in [-0.15, -0.1) is 0 Å². The average Bonchev–Trinajstić information content (AvgIpc) is 2.98. The molecule has 0 aliphatic carbocycles. The van der Waals surface area contributed by atoms with Gasteiger partial charge in [0, 0.05) is 35.1 Å². The Kier molecular flexibility index (Phi) is 3.66. The highest BCUT2D eigenvalue weighted by atomic mass is 16.3. The molecule has 0 unspecified atom stereocenters. The van der Waals surface area contributed by atoms with Crippen molar-refractivity contribution in [1.82, 2.24) is 9.88 Å². The molecule has 2 aliphatic heterocycles. The van der Waals surface area contributed by atoms with E-state index >= 15 is 0 Å². The van der Waals surface area contributed by atoms with Gasteiger partial charge in [0.25, 0.3) is 5.91 Å². The van der Waals surface area contributed by atoms with Gasteiger partial charge >= 0.3 is 0 Å². The quantitative estimate of drug-likeness (QED) is 0.744. The number of rotatable bonds is 1. The fourth-order valence-electron chi connectivity index (χ4n) is 4.50. The molecule has 0 radical (unpaired) electrons. The van der Waals surface area contributed by atoms with E-state index in [-0.39, 0.29) is 5.91 Å². The van der Waals surface area contributed by atoms with Gasteiger partial charge in [-0.2, -0.15) is 0 Å². The second-order valence-electron chi connectivity index (χ2n) is 7.24. The van der Waals surface area contributed by atoms with Crippen LogP contribution in [-0.4, -0.2) is 51.3 Å². The van der Waals surface area contributed by atoms with Crippen LogP contribution in [0.3, 0.4) is 0 Å². The van der Waals surface area contributed by atoms with Gasteiger partial charge in [-0.25, -0.2) is 0 Å². The number of benzene rings is 1. The number of hydrogen-bond donors (Lipinski definition) is 3. The number of aromatic nitrogens is 1. The summed E-state index contributed by atoms with van der Waals surface area (Å²) in [5.41, 5.74) is 3.15. The number of amides is 1. The number of hydrogen-bond acceptors (Lipinski definition) is 3. The average molecular weight is 328 g/mol. The smallest absolute Gasteiger partial charge is 0.254 e. The van der Waals surface area contributed by atoms with Crippen molar-refractivity contribution in [2.75, 3.05) is 13.1 Å². The molecular weight excluding hydrogens is 304 g/mol. The van der Waals surface area contributed by atoms with E-state index in [4.69, 9.17) is 0 Å². The molecular formula is C19H24N2O3. The van der Waals surface area contributed by atoms with Gasteiger partial charge < -0.3 is 20.1 Å². The zero-order valence-electron chi connectivity index (χ0n) is 14.0. The lowest BCUT2D eigenvalue weighted by Gasteiger charge is -2.47. The molecule has 1 aromatic heterocycles. The van der Waals surface area contributed by atoms with Crippen LogP contribution in [-0.2, 0) is 17.6 Å². The van der Waals surface area contributed by atoms with Crippen LogP contribution in [0.15, 0.2) is 24.3 Å². The van der Waals surface area contributed by atoms with Crippen LogP contribution in [0.1, 0.15) is 31.0 Å². The van der Waals surface area contributed by atoms with E-state index < -0.39 is 17.6 Å². The zero-order valence-corrected chi connectivity index (χ0v) is 14.0.